The molecular formula is C14H19N5O. The number of nitrogens with one attached hydrogen (secondary N) is 1. The first kappa shape index (κ1) is 14.2. The highest BCUT2D eigenvalue weighted by Gasteiger charge is 2.19. The van der Waals surface area contributed by atoms with Crippen LogP contribution in [0.5, 0.6) is 0 Å². The molecule has 0 radical (unpaired) electrons. The molecule has 2 aromatic heterocycles. The minimum absolute atomic E-state index is 0.150. The van der Waals surface area contributed by atoms with Crippen molar-refractivity contribution in [1.29, 1.82) is 0 Å². The summed E-state index contributed by atoms with van der Waals surface area (Å²) >= 11 is 0. The molecule has 0 aliphatic carbocycles. The molecule has 0 aliphatic heterocycles. The minimum Gasteiger partial charge on any atom is -0.332 e. The van der Waals surface area contributed by atoms with Crippen LogP contribution in [0.3, 0.4) is 0 Å². The maximum Gasteiger partial charge on any atom is 0.293 e. The summed E-state index contributed by atoms with van der Waals surface area (Å²) in [4.78, 5) is 22.3. The summed E-state index contributed by atoms with van der Waals surface area (Å²) in [6.07, 6.45) is 5.22. The van der Waals surface area contributed by atoms with Crippen LogP contribution in [-0.4, -0.2) is 37.5 Å². The number of aromatic nitrogens is 4. The van der Waals surface area contributed by atoms with Gasteiger partial charge < -0.3 is 4.90 Å². The second-order valence-electron chi connectivity index (χ2n) is 4.53. The fraction of sp³-hybridized carbons (Fsp3) is 0.429. The zero-order valence-corrected chi connectivity index (χ0v) is 11.8. The van der Waals surface area contributed by atoms with Crippen molar-refractivity contribution in [2.24, 2.45) is 0 Å². The summed E-state index contributed by atoms with van der Waals surface area (Å²) in [6, 6.07) is 3.80. The van der Waals surface area contributed by atoms with Crippen molar-refractivity contribution in [3.05, 3.63) is 41.7 Å². The van der Waals surface area contributed by atoms with Crippen LogP contribution in [0.4, 0.5) is 0 Å². The highest BCUT2D eigenvalue weighted by atomic mass is 16.2. The smallest absolute Gasteiger partial charge is 0.293 e. The standard InChI is InChI=1S/C14H19N5O/c1-3-5-12-16-13(18-17-12)14(20)19(4-2)10-11-6-8-15-9-7-11/h6-9H,3-5,10H2,1-2H3,(H,16,17,18). The van der Waals surface area contributed by atoms with Crippen molar-refractivity contribution in [1.82, 2.24) is 25.1 Å². The molecule has 0 aromatic carbocycles. The Morgan fingerprint density at radius 2 is 2.05 bits per heavy atom. The van der Waals surface area contributed by atoms with Crippen LogP contribution in [0.15, 0.2) is 24.5 Å². The van der Waals surface area contributed by atoms with Crippen LogP contribution < -0.4 is 0 Å². The maximum atomic E-state index is 12.4. The second kappa shape index (κ2) is 6.79. The summed E-state index contributed by atoms with van der Waals surface area (Å²) in [7, 11) is 0. The molecule has 6 nitrogen and oxygen atoms in total. The average Bonchev–Trinajstić information content (AvgIpc) is 2.94. The molecule has 0 saturated heterocycles. The third kappa shape index (κ3) is 3.40. The largest absolute Gasteiger partial charge is 0.332 e. The third-order valence-corrected chi connectivity index (χ3v) is 3.00. The topological polar surface area (TPSA) is 74.8 Å². The molecule has 0 bridgehead atoms. The average molecular weight is 273 g/mol. The normalized spacial score (nSPS) is 10.5. The Hall–Kier alpha value is -2.24. The van der Waals surface area contributed by atoms with Crippen LogP contribution in [-0.2, 0) is 13.0 Å². The lowest BCUT2D eigenvalue weighted by Gasteiger charge is -2.19. The number of aromatic amines is 1. The molecule has 0 unspecified atom stereocenters. The summed E-state index contributed by atoms with van der Waals surface area (Å²) in [6.45, 7) is 5.15. The molecule has 0 fully saturated rings. The van der Waals surface area contributed by atoms with Gasteiger partial charge in [0.15, 0.2) is 0 Å². The number of hydrogen-bond donors (Lipinski definition) is 1. The highest BCUT2D eigenvalue weighted by molar-refractivity contribution is 5.90. The van der Waals surface area contributed by atoms with Crippen LogP contribution >= 0.6 is 0 Å². The molecule has 0 spiro atoms. The monoisotopic (exact) mass is 273 g/mol. The van der Waals surface area contributed by atoms with E-state index in [1.54, 1.807) is 17.3 Å². The quantitative estimate of drug-likeness (QED) is 0.871. The van der Waals surface area contributed by atoms with Crippen LogP contribution in [0, 0.1) is 0 Å². The molecule has 6 heteroatoms. The molecule has 1 amide bonds. The summed E-state index contributed by atoms with van der Waals surface area (Å²) < 4.78 is 0. The molecule has 0 atom stereocenters. The van der Waals surface area contributed by atoms with Gasteiger partial charge in [0.1, 0.15) is 5.82 Å². The molecule has 106 valence electrons. The van der Waals surface area contributed by atoms with Gasteiger partial charge in [0.05, 0.1) is 0 Å². The lowest BCUT2D eigenvalue weighted by Crippen LogP contribution is -2.31. The summed E-state index contributed by atoms with van der Waals surface area (Å²) in [5, 5.41) is 6.82. The molecule has 2 aromatic rings. The first-order chi connectivity index (χ1) is 9.74. The van der Waals surface area contributed by atoms with Gasteiger partial charge in [-0.3, -0.25) is 14.9 Å². The van der Waals surface area contributed by atoms with E-state index in [-0.39, 0.29) is 11.7 Å². The lowest BCUT2D eigenvalue weighted by atomic mass is 10.2. The number of H-pyrrole nitrogens is 1. The number of pyridine rings is 1. The van der Waals surface area contributed by atoms with Gasteiger partial charge >= 0.3 is 0 Å². The van der Waals surface area contributed by atoms with Gasteiger partial charge in [0.2, 0.25) is 5.82 Å². The summed E-state index contributed by atoms with van der Waals surface area (Å²) in [5.74, 6) is 0.850. The number of amides is 1. The van der Waals surface area contributed by atoms with Crippen molar-refractivity contribution >= 4 is 5.91 Å². The van der Waals surface area contributed by atoms with E-state index in [0.29, 0.717) is 13.1 Å². The molecule has 0 aliphatic rings. The molecular weight excluding hydrogens is 254 g/mol. The molecule has 0 saturated carbocycles. The van der Waals surface area contributed by atoms with Gasteiger partial charge in [-0.2, -0.15) is 0 Å². The highest BCUT2D eigenvalue weighted by Crippen LogP contribution is 2.07. The van der Waals surface area contributed by atoms with E-state index >= 15 is 0 Å². The number of hydrogen-bond acceptors (Lipinski definition) is 4. The van der Waals surface area contributed by atoms with E-state index in [2.05, 4.69) is 27.1 Å². The van der Waals surface area contributed by atoms with E-state index in [9.17, 15) is 4.79 Å². The van der Waals surface area contributed by atoms with Gasteiger partial charge in [-0.25, -0.2) is 4.98 Å². The number of nitrogens with zero attached hydrogens (tertiary/aromatic N) is 4. The zero-order valence-electron chi connectivity index (χ0n) is 11.8. The predicted molar refractivity (Wildman–Crippen MR) is 75.0 cm³/mol. The van der Waals surface area contributed by atoms with Gasteiger partial charge in [0.25, 0.3) is 5.91 Å². The van der Waals surface area contributed by atoms with Crippen molar-refractivity contribution in [3.8, 4) is 0 Å². The zero-order chi connectivity index (χ0) is 14.4. The van der Waals surface area contributed by atoms with E-state index in [0.717, 1.165) is 24.2 Å². The number of rotatable bonds is 6. The lowest BCUT2D eigenvalue weighted by molar-refractivity contribution is 0.0740. The van der Waals surface area contributed by atoms with Gasteiger partial charge in [-0.1, -0.05) is 6.92 Å². The van der Waals surface area contributed by atoms with E-state index in [1.165, 1.54) is 0 Å². The van der Waals surface area contributed by atoms with Crippen LogP contribution in [0.1, 0.15) is 42.3 Å². The molecule has 1 N–H and O–H groups in total. The van der Waals surface area contributed by atoms with Gasteiger partial charge in [-0.15, -0.1) is 5.10 Å². The SMILES string of the molecule is CCCc1nc(C(=O)N(CC)Cc2ccncc2)n[nH]1. The van der Waals surface area contributed by atoms with Crippen molar-refractivity contribution in [2.45, 2.75) is 33.2 Å². The van der Waals surface area contributed by atoms with Crippen LogP contribution in [0.2, 0.25) is 0 Å². The Labute approximate surface area is 118 Å². The number of aryl methyl sites for hydroxylation is 1. The van der Waals surface area contributed by atoms with E-state index < -0.39 is 0 Å². The first-order valence-corrected chi connectivity index (χ1v) is 6.84. The Kier molecular flexibility index (Phi) is 4.81. The third-order valence-electron chi connectivity index (χ3n) is 3.00. The fourth-order valence-corrected chi connectivity index (χ4v) is 1.92. The Morgan fingerprint density at radius 3 is 2.70 bits per heavy atom. The predicted octanol–water partition coefficient (Wildman–Crippen LogP) is 1.81. The Morgan fingerprint density at radius 1 is 1.30 bits per heavy atom. The van der Waals surface area contributed by atoms with E-state index in [1.807, 2.05) is 19.1 Å². The van der Waals surface area contributed by atoms with Gasteiger partial charge in [0, 0.05) is 31.9 Å². The van der Waals surface area contributed by atoms with Crippen LogP contribution in [0.25, 0.3) is 0 Å². The molecule has 2 heterocycles. The maximum absolute atomic E-state index is 12.4. The molecule has 2 rings (SSSR count). The Bertz CT molecular complexity index is 552. The minimum atomic E-state index is -0.150. The van der Waals surface area contributed by atoms with E-state index in [4.69, 9.17) is 0 Å². The second-order valence-corrected chi connectivity index (χ2v) is 4.53. The van der Waals surface area contributed by atoms with Crippen molar-refractivity contribution in [3.63, 3.8) is 0 Å². The number of carbonyl (C=O) groups excluding carboxylic acids is 1. The fourth-order valence-electron chi connectivity index (χ4n) is 1.92. The molecule has 20 heavy (non-hydrogen) atoms. The van der Waals surface area contributed by atoms with Gasteiger partial charge in [-0.05, 0) is 31.0 Å². The summed E-state index contributed by atoms with van der Waals surface area (Å²) in [5.41, 5.74) is 1.04. The van der Waals surface area contributed by atoms with Crippen molar-refractivity contribution in [2.75, 3.05) is 6.54 Å². The Balaban J connectivity index is 2.08. The van der Waals surface area contributed by atoms with Crippen molar-refractivity contribution < 1.29 is 4.79 Å². The first-order valence-electron chi connectivity index (χ1n) is 6.84. The number of carbonyl (C=O) groups is 1.